The molecule has 33 heavy (non-hydrogen) atoms. The predicted octanol–water partition coefficient (Wildman–Crippen LogP) is 5.69. The van der Waals surface area contributed by atoms with E-state index < -0.39 is 10.9 Å². The molecule has 3 aromatic carbocycles. The summed E-state index contributed by atoms with van der Waals surface area (Å²) in [5.41, 5.74) is 5.64. The predicted molar refractivity (Wildman–Crippen MR) is 128 cm³/mol. The van der Waals surface area contributed by atoms with Gasteiger partial charge in [-0.1, -0.05) is 36.4 Å². The molecule has 0 fully saturated rings. The number of nitrogens with one attached hydrogen (secondary N) is 1. The number of benzene rings is 3. The van der Waals surface area contributed by atoms with Crippen LogP contribution in [0.4, 0.5) is 10.8 Å². The lowest BCUT2D eigenvalue weighted by Crippen LogP contribution is -2.08. The molecule has 0 aliphatic heterocycles. The number of hydrogen-bond donors (Lipinski definition) is 1. The molecule has 0 amide bonds. The minimum absolute atomic E-state index is 0.104. The van der Waals surface area contributed by atoms with Crippen molar-refractivity contribution in [1.82, 2.24) is 4.98 Å². The highest BCUT2D eigenvalue weighted by Crippen LogP contribution is 2.30. The van der Waals surface area contributed by atoms with Crippen molar-refractivity contribution in [2.24, 2.45) is 5.10 Å². The Hall–Kier alpha value is -4.37. The van der Waals surface area contributed by atoms with Crippen LogP contribution in [-0.2, 0) is 0 Å². The number of aromatic nitrogens is 1. The second-order valence-corrected chi connectivity index (χ2v) is 8.13. The average molecular weight is 458 g/mol. The van der Waals surface area contributed by atoms with E-state index in [1.165, 1.54) is 35.6 Å². The summed E-state index contributed by atoms with van der Waals surface area (Å²) < 4.78 is 5.29. The number of rotatable bonds is 7. The summed E-state index contributed by atoms with van der Waals surface area (Å²) in [4.78, 5) is 28.2. The van der Waals surface area contributed by atoms with Crippen molar-refractivity contribution in [3.05, 3.63) is 105 Å². The number of esters is 1. The van der Waals surface area contributed by atoms with Gasteiger partial charge in [0.2, 0.25) is 5.13 Å². The zero-order valence-corrected chi connectivity index (χ0v) is 18.3. The number of anilines is 1. The average Bonchev–Trinajstić information content (AvgIpc) is 3.21. The Morgan fingerprint density at radius 2 is 1.85 bits per heavy atom. The molecule has 1 heterocycles. The smallest absolute Gasteiger partial charge is 0.343 e. The van der Waals surface area contributed by atoms with E-state index in [9.17, 15) is 14.9 Å². The molecule has 0 radical (unpaired) electrons. The molecule has 0 aliphatic rings. The summed E-state index contributed by atoms with van der Waals surface area (Å²) in [5, 5.41) is 15.8. The van der Waals surface area contributed by atoms with Crippen molar-refractivity contribution in [1.29, 1.82) is 0 Å². The number of nitro benzene ring substituents is 1. The van der Waals surface area contributed by atoms with E-state index in [4.69, 9.17) is 4.74 Å². The van der Waals surface area contributed by atoms with Crippen LogP contribution in [0.15, 0.2) is 84.0 Å². The van der Waals surface area contributed by atoms with E-state index >= 15 is 0 Å². The normalized spacial score (nSPS) is 10.8. The van der Waals surface area contributed by atoms with Gasteiger partial charge in [-0.2, -0.15) is 5.10 Å². The zero-order chi connectivity index (χ0) is 23.2. The number of thiazole rings is 1. The van der Waals surface area contributed by atoms with Crippen LogP contribution in [0.5, 0.6) is 5.75 Å². The summed E-state index contributed by atoms with van der Waals surface area (Å²) in [6, 6.07) is 22.1. The Morgan fingerprint density at radius 3 is 2.58 bits per heavy atom. The topological polar surface area (TPSA) is 107 Å². The van der Waals surface area contributed by atoms with E-state index in [0.29, 0.717) is 10.9 Å². The lowest BCUT2D eigenvalue weighted by Gasteiger charge is -2.04. The number of hydrogen-bond acceptors (Lipinski definition) is 8. The van der Waals surface area contributed by atoms with Gasteiger partial charge in [0.1, 0.15) is 5.75 Å². The third-order valence-corrected chi connectivity index (χ3v) is 5.48. The van der Waals surface area contributed by atoms with Crippen LogP contribution in [0.25, 0.3) is 11.3 Å². The summed E-state index contributed by atoms with van der Waals surface area (Å²) in [7, 11) is 0. The quantitative estimate of drug-likeness (QED) is 0.125. The highest BCUT2D eigenvalue weighted by molar-refractivity contribution is 7.15. The summed E-state index contributed by atoms with van der Waals surface area (Å²) in [6.45, 7) is 2.02. The molecule has 0 bridgehead atoms. The minimum atomic E-state index is -0.671. The van der Waals surface area contributed by atoms with E-state index in [2.05, 4.69) is 15.5 Å². The summed E-state index contributed by atoms with van der Waals surface area (Å²) in [6.07, 6.45) is 1.63. The lowest BCUT2D eigenvalue weighted by atomic mass is 10.1. The molecule has 1 aromatic heterocycles. The fraction of sp³-hybridized carbons (Fsp3) is 0.0417. The van der Waals surface area contributed by atoms with Gasteiger partial charge in [-0.05, 0) is 42.8 Å². The fourth-order valence-electron chi connectivity index (χ4n) is 3.00. The number of carbonyl (C=O) groups excluding carboxylic acids is 1. The number of aryl methyl sites for hydroxylation is 1. The maximum absolute atomic E-state index is 12.2. The van der Waals surface area contributed by atoms with E-state index in [0.717, 1.165) is 21.7 Å². The third kappa shape index (κ3) is 5.46. The number of nitro groups is 1. The summed E-state index contributed by atoms with van der Waals surface area (Å²) >= 11 is 1.52. The molecule has 4 aromatic rings. The molecule has 0 aliphatic carbocycles. The molecule has 9 heteroatoms. The molecule has 0 unspecified atom stereocenters. The number of ether oxygens (including phenoxy) is 1. The Balaban J connectivity index is 1.37. The first-order chi connectivity index (χ1) is 16.0. The van der Waals surface area contributed by atoms with Crippen molar-refractivity contribution in [3.8, 4) is 17.0 Å². The van der Waals surface area contributed by atoms with Gasteiger partial charge in [0, 0.05) is 22.6 Å². The summed E-state index contributed by atoms with van der Waals surface area (Å²) in [5.74, 6) is -0.352. The van der Waals surface area contributed by atoms with Crippen LogP contribution in [0.3, 0.4) is 0 Å². The van der Waals surface area contributed by atoms with Crippen molar-refractivity contribution >= 4 is 34.3 Å². The van der Waals surface area contributed by atoms with Crippen molar-refractivity contribution in [3.63, 3.8) is 0 Å². The minimum Gasteiger partial charge on any atom is -0.423 e. The van der Waals surface area contributed by atoms with Crippen molar-refractivity contribution < 1.29 is 14.5 Å². The Kier molecular flexibility index (Phi) is 6.51. The zero-order valence-electron chi connectivity index (χ0n) is 17.5. The molecule has 0 atom stereocenters. The maximum Gasteiger partial charge on any atom is 0.343 e. The van der Waals surface area contributed by atoms with Gasteiger partial charge in [0.05, 0.1) is 22.4 Å². The van der Waals surface area contributed by atoms with Crippen LogP contribution in [0, 0.1) is 17.0 Å². The van der Waals surface area contributed by atoms with Crippen LogP contribution >= 0.6 is 11.3 Å². The van der Waals surface area contributed by atoms with Gasteiger partial charge in [0.15, 0.2) is 0 Å². The number of non-ortho nitro benzene ring substituents is 1. The third-order valence-electron chi connectivity index (χ3n) is 4.60. The molecule has 164 valence electrons. The largest absolute Gasteiger partial charge is 0.423 e. The molecule has 0 saturated carbocycles. The van der Waals surface area contributed by atoms with Gasteiger partial charge in [0.25, 0.3) is 5.69 Å². The molecule has 0 spiro atoms. The van der Waals surface area contributed by atoms with Crippen LogP contribution in [-0.4, -0.2) is 22.1 Å². The second-order valence-electron chi connectivity index (χ2n) is 6.93. The van der Waals surface area contributed by atoms with E-state index in [1.54, 1.807) is 30.5 Å². The van der Waals surface area contributed by atoms with Crippen LogP contribution in [0.1, 0.15) is 20.8 Å². The molecule has 4 rings (SSSR count). The van der Waals surface area contributed by atoms with Gasteiger partial charge in [-0.15, -0.1) is 11.3 Å². The number of carbonyl (C=O) groups is 1. The van der Waals surface area contributed by atoms with Crippen LogP contribution < -0.4 is 10.2 Å². The van der Waals surface area contributed by atoms with E-state index in [-0.39, 0.29) is 11.3 Å². The fourth-order valence-corrected chi connectivity index (χ4v) is 3.79. The molecule has 1 N–H and O–H groups in total. The lowest BCUT2D eigenvalue weighted by molar-refractivity contribution is -0.384. The molecule has 0 saturated heterocycles. The highest BCUT2D eigenvalue weighted by atomic mass is 32.1. The highest BCUT2D eigenvalue weighted by Gasteiger charge is 2.13. The molecular weight excluding hydrogens is 440 g/mol. The van der Waals surface area contributed by atoms with Gasteiger partial charge in [-0.3, -0.25) is 15.5 Å². The first-order valence-electron chi connectivity index (χ1n) is 9.88. The number of nitrogens with zero attached hydrogens (tertiary/aromatic N) is 3. The Labute approximate surface area is 193 Å². The Bertz CT molecular complexity index is 1320. The van der Waals surface area contributed by atoms with Crippen molar-refractivity contribution in [2.45, 2.75) is 6.92 Å². The number of hydrazone groups is 1. The van der Waals surface area contributed by atoms with E-state index in [1.807, 2.05) is 37.3 Å². The monoisotopic (exact) mass is 458 g/mol. The molecule has 8 nitrogen and oxygen atoms in total. The van der Waals surface area contributed by atoms with Gasteiger partial charge in [-0.25, -0.2) is 9.78 Å². The first-order valence-corrected chi connectivity index (χ1v) is 10.7. The molecular formula is C24H18N4O4S. The van der Waals surface area contributed by atoms with Gasteiger partial charge >= 0.3 is 5.97 Å². The van der Waals surface area contributed by atoms with Crippen molar-refractivity contribution in [2.75, 3.05) is 5.43 Å². The SMILES string of the molecule is Cc1sc(NN=Cc2ccc(OC(=O)c3cccc([N+](=O)[O-])c3)cc2)nc1-c1ccccc1. The maximum atomic E-state index is 12.2. The van der Waals surface area contributed by atoms with Gasteiger partial charge < -0.3 is 4.74 Å². The Morgan fingerprint density at radius 1 is 1.09 bits per heavy atom. The van der Waals surface area contributed by atoms with Crippen LogP contribution in [0.2, 0.25) is 0 Å². The first kappa shape index (κ1) is 21.8. The standard InChI is InChI=1S/C24H18N4O4S/c1-16-22(18-6-3-2-4-7-18)26-24(33-16)27-25-15-17-10-12-21(13-11-17)32-23(29)19-8-5-9-20(14-19)28(30)31/h2-15H,1H3,(H,26,27). The second kappa shape index (κ2) is 9.84.